The average molecular weight is 468 g/mol. The summed E-state index contributed by atoms with van der Waals surface area (Å²) in [4.78, 5) is 26.0. The SMILES string of the molecule is Cc1ccccc1Cc1c(C)nc2c(C(=O)NCCc3noc(-c4ccncc4)n3)cnn2c1C. The van der Waals surface area contributed by atoms with E-state index in [1.165, 1.54) is 11.1 Å². The number of carbonyl (C=O) groups excluding carboxylic acids is 1. The molecule has 0 spiro atoms. The molecule has 1 N–H and O–H groups in total. The van der Waals surface area contributed by atoms with Crippen LogP contribution < -0.4 is 5.32 Å². The highest BCUT2D eigenvalue weighted by Crippen LogP contribution is 2.22. The smallest absolute Gasteiger partial charge is 0.258 e. The van der Waals surface area contributed by atoms with Gasteiger partial charge >= 0.3 is 0 Å². The lowest BCUT2D eigenvalue weighted by Gasteiger charge is -2.13. The zero-order chi connectivity index (χ0) is 24.4. The zero-order valence-electron chi connectivity index (χ0n) is 19.8. The van der Waals surface area contributed by atoms with Gasteiger partial charge in [-0.1, -0.05) is 29.4 Å². The number of carbonyl (C=O) groups is 1. The number of nitrogens with one attached hydrogen (secondary N) is 1. The molecular formula is C26H25N7O2. The molecule has 35 heavy (non-hydrogen) atoms. The monoisotopic (exact) mass is 467 g/mol. The summed E-state index contributed by atoms with van der Waals surface area (Å²) in [5.41, 5.74) is 7.25. The van der Waals surface area contributed by atoms with Crippen LogP contribution in [0.25, 0.3) is 17.1 Å². The molecular weight excluding hydrogens is 442 g/mol. The van der Waals surface area contributed by atoms with E-state index >= 15 is 0 Å². The third-order valence-corrected chi connectivity index (χ3v) is 6.11. The minimum atomic E-state index is -0.240. The molecule has 0 radical (unpaired) electrons. The standard InChI is InChI=1S/C26H25N7O2/c1-16-6-4-5-7-20(16)14-21-17(2)30-24-22(15-29-33(24)18(21)3)25(34)28-13-10-23-31-26(35-32-23)19-8-11-27-12-9-19/h4-9,11-12,15H,10,13-14H2,1-3H3,(H,28,34). The number of hydrogen-bond acceptors (Lipinski definition) is 7. The number of rotatable bonds is 7. The first-order valence-electron chi connectivity index (χ1n) is 11.4. The second kappa shape index (κ2) is 9.46. The van der Waals surface area contributed by atoms with Crippen molar-refractivity contribution < 1.29 is 9.32 Å². The molecule has 0 saturated carbocycles. The zero-order valence-corrected chi connectivity index (χ0v) is 19.8. The molecule has 5 aromatic rings. The summed E-state index contributed by atoms with van der Waals surface area (Å²) in [5.74, 6) is 0.700. The van der Waals surface area contributed by atoms with Gasteiger partial charge in [0.2, 0.25) is 0 Å². The van der Waals surface area contributed by atoms with Crippen molar-refractivity contribution in [1.82, 2.24) is 35.0 Å². The van der Waals surface area contributed by atoms with E-state index in [0.717, 1.165) is 28.9 Å². The highest BCUT2D eigenvalue weighted by molar-refractivity contribution is 5.99. The van der Waals surface area contributed by atoms with Crippen LogP contribution in [-0.4, -0.2) is 42.2 Å². The second-order valence-electron chi connectivity index (χ2n) is 8.42. The van der Waals surface area contributed by atoms with Crippen LogP contribution in [0.1, 0.15) is 44.3 Å². The first-order valence-corrected chi connectivity index (χ1v) is 11.4. The van der Waals surface area contributed by atoms with Crippen LogP contribution >= 0.6 is 0 Å². The Morgan fingerprint density at radius 1 is 1.06 bits per heavy atom. The summed E-state index contributed by atoms with van der Waals surface area (Å²) < 4.78 is 7.05. The van der Waals surface area contributed by atoms with Crippen LogP contribution in [0.2, 0.25) is 0 Å². The Balaban J connectivity index is 1.29. The van der Waals surface area contributed by atoms with Gasteiger partial charge in [0, 0.05) is 48.7 Å². The summed E-state index contributed by atoms with van der Waals surface area (Å²) in [5, 5.41) is 11.4. The van der Waals surface area contributed by atoms with Crippen molar-refractivity contribution >= 4 is 11.6 Å². The van der Waals surface area contributed by atoms with Gasteiger partial charge in [-0.2, -0.15) is 10.1 Å². The van der Waals surface area contributed by atoms with Crippen molar-refractivity contribution in [3.05, 3.63) is 94.5 Å². The molecule has 5 rings (SSSR count). The molecule has 0 atom stereocenters. The Morgan fingerprint density at radius 3 is 2.66 bits per heavy atom. The van der Waals surface area contributed by atoms with Gasteiger partial charge < -0.3 is 9.84 Å². The Labute approximate surface area is 202 Å². The summed E-state index contributed by atoms with van der Waals surface area (Å²) >= 11 is 0. The van der Waals surface area contributed by atoms with Crippen molar-refractivity contribution in [3.8, 4) is 11.5 Å². The van der Waals surface area contributed by atoms with Gasteiger partial charge in [0.05, 0.1) is 6.20 Å². The predicted molar refractivity (Wildman–Crippen MR) is 130 cm³/mol. The number of aryl methyl sites for hydroxylation is 3. The third-order valence-electron chi connectivity index (χ3n) is 6.11. The Kier molecular flexibility index (Phi) is 6.05. The highest BCUT2D eigenvalue weighted by Gasteiger charge is 2.19. The molecule has 0 aliphatic heterocycles. The summed E-state index contributed by atoms with van der Waals surface area (Å²) in [7, 11) is 0. The molecule has 1 aromatic carbocycles. The molecule has 0 bridgehead atoms. The molecule has 4 heterocycles. The van der Waals surface area contributed by atoms with Gasteiger partial charge in [0.1, 0.15) is 5.56 Å². The molecule has 176 valence electrons. The van der Waals surface area contributed by atoms with Gasteiger partial charge in [-0.3, -0.25) is 9.78 Å². The number of aromatic nitrogens is 6. The second-order valence-corrected chi connectivity index (χ2v) is 8.42. The minimum Gasteiger partial charge on any atom is -0.351 e. The number of fused-ring (bicyclic) bond motifs is 1. The number of hydrogen-bond donors (Lipinski definition) is 1. The normalized spacial score (nSPS) is 11.2. The Morgan fingerprint density at radius 2 is 1.86 bits per heavy atom. The number of pyridine rings is 1. The fourth-order valence-electron chi connectivity index (χ4n) is 4.08. The first kappa shape index (κ1) is 22.4. The topological polar surface area (TPSA) is 111 Å². The van der Waals surface area contributed by atoms with E-state index in [1.807, 2.05) is 26.0 Å². The molecule has 9 heteroatoms. The van der Waals surface area contributed by atoms with Crippen LogP contribution in [0, 0.1) is 20.8 Å². The summed E-state index contributed by atoms with van der Waals surface area (Å²) in [6.07, 6.45) is 6.10. The fourth-order valence-corrected chi connectivity index (χ4v) is 4.08. The number of benzene rings is 1. The van der Waals surface area contributed by atoms with Crippen LogP contribution in [-0.2, 0) is 12.8 Å². The Hall–Kier alpha value is -4.40. The van der Waals surface area contributed by atoms with Crippen LogP contribution in [0.5, 0.6) is 0 Å². The Bertz CT molecular complexity index is 1510. The van der Waals surface area contributed by atoms with Gasteiger partial charge in [-0.25, -0.2) is 9.50 Å². The van der Waals surface area contributed by atoms with Crippen molar-refractivity contribution in [2.24, 2.45) is 0 Å². The maximum Gasteiger partial charge on any atom is 0.258 e. The van der Waals surface area contributed by atoms with E-state index < -0.39 is 0 Å². The van der Waals surface area contributed by atoms with Gasteiger partial charge in [-0.05, 0) is 49.6 Å². The largest absolute Gasteiger partial charge is 0.351 e. The van der Waals surface area contributed by atoms with E-state index in [0.29, 0.717) is 35.9 Å². The maximum absolute atomic E-state index is 12.9. The molecule has 1 amide bonds. The van der Waals surface area contributed by atoms with Crippen molar-refractivity contribution in [3.63, 3.8) is 0 Å². The molecule has 9 nitrogen and oxygen atoms in total. The maximum atomic E-state index is 12.9. The molecule has 4 aromatic heterocycles. The summed E-state index contributed by atoms with van der Waals surface area (Å²) in [6.45, 7) is 6.46. The average Bonchev–Trinajstić information content (AvgIpc) is 3.51. The van der Waals surface area contributed by atoms with Crippen LogP contribution in [0.15, 0.2) is 59.5 Å². The summed E-state index contributed by atoms with van der Waals surface area (Å²) in [6, 6.07) is 11.9. The lowest BCUT2D eigenvalue weighted by Crippen LogP contribution is -2.26. The van der Waals surface area contributed by atoms with E-state index in [-0.39, 0.29) is 5.91 Å². The quantitative estimate of drug-likeness (QED) is 0.389. The van der Waals surface area contributed by atoms with Gasteiger partial charge in [-0.15, -0.1) is 0 Å². The van der Waals surface area contributed by atoms with Crippen molar-refractivity contribution in [2.75, 3.05) is 6.54 Å². The van der Waals surface area contributed by atoms with Gasteiger partial charge in [0.15, 0.2) is 11.5 Å². The van der Waals surface area contributed by atoms with Crippen LogP contribution in [0.4, 0.5) is 0 Å². The fraction of sp³-hybridized carbons (Fsp3) is 0.231. The van der Waals surface area contributed by atoms with E-state index in [1.54, 1.807) is 35.2 Å². The molecule has 0 aliphatic rings. The molecule has 0 fully saturated rings. The van der Waals surface area contributed by atoms with E-state index in [9.17, 15) is 4.79 Å². The number of nitrogens with zero attached hydrogens (tertiary/aromatic N) is 6. The molecule has 0 unspecified atom stereocenters. The first-order chi connectivity index (χ1) is 17.0. The van der Waals surface area contributed by atoms with Gasteiger partial charge in [0.25, 0.3) is 11.8 Å². The van der Waals surface area contributed by atoms with Crippen molar-refractivity contribution in [1.29, 1.82) is 0 Å². The third kappa shape index (κ3) is 4.52. The van der Waals surface area contributed by atoms with Crippen molar-refractivity contribution in [2.45, 2.75) is 33.6 Å². The van der Waals surface area contributed by atoms with Crippen LogP contribution in [0.3, 0.4) is 0 Å². The highest BCUT2D eigenvalue weighted by atomic mass is 16.5. The molecule has 0 aliphatic carbocycles. The van der Waals surface area contributed by atoms with E-state index in [4.69, 9.17) is 9.51 Å². The minimum absolute atomic E-state index is 0.240. The predicted octanol–water partition coefficient (Wildman–Crippen LogP) is 3.66. The lowest BCUT2D eigenvalue weighted by molar-refractivity contribution is 0.0955. The lowest BCUT2D eigenvalue weighted by atomic mass is 9.99. The van der Waals surface area contributed by atoms with E-state index in [2.05, 4.69) is 44.6 Å². The number of amides is 1. The molecule has 0 saturated heterocycles.